The molecule has 226 valence electrons. The first-order valence-corrected chi connectivity index (χ1v) is 14.7. The largest absolute Gasteiger partial charge is 0.478 e. The molecule has 0 aromatic heterocycles. The average molecular weight is 591 g/mol. The molecule has 0 saturated carbocycles. The fraction of sp³-hybridized carbons (Fsp3) is 0.394. The van der Waals surface area contributed by atoms with E-state index < -0.39 is 23.4 Å². The number of likely N-dealkylation sites (tertiary alicyclic amines) is 1. The number of nitrogens with zero attached hydrogens (tertiary/aromatic N) is 4. The van der Waals surface area contributed by atoms with Crippen LogP contribution in [0.5, 0.6) is 0 Å². The number of aliphatic hydroxyl groups is 1. The van der Waals surface area contributed by atoms with E-state index in [4.69, 9.17) is 0 Å². The monoisotopic (exact) mass is 590 g/mol. The molecule has 3 heterocycles. The van der Waals surface area contributed by atoms with Crippen LogP contribution >= 0.6 is 0 Å². The predicted octanol–water partition coefficient (Wildman–Crippen LogP) is 4.58. The van der Waals surface area contributed by atoms with Crippen LogP contribution < -0.4 is 9.80 Å². The summed E-state index contributed by atoms with van der Waals surface area (Å²) in [4.78, 5) is 33.7. The van der Waals surface area contributed by atoms with Crippen LogP contribution in [-0.4, -0.2) is 76.5 Å². The van der Waals surface area contributed by atoms with Crippen molar-refractivity contribution < 1.29 is 28.6 Å². The minimum atomic E-state index is -1.84. The minimum Gasteiger partial charge on any atom is -0.478 e. The van der Waals surface area contributed by atoms with Crippen molar-refractivity contribution in [1.29, 1.82) is 0 Å². The quantitative estimate of drug-likeness (QED) is 0.397. The van der Waals surface area contributed by atoms with Gasteiger partial charge in [-0.3, -0.25) is 4.79 Å². The van der Waals surface area contributed by atoms with E-state index in [2.05, 4.69) is 4.90 Å². The topological polar surface area (TPSA) is 87.6 Å². The third kappa shape index (κ3) is 5.12. The van der Waals surface area contributed by atoms with Gasteiger partial charge >= 0.3 is 5.97 Å². The molecule has 3 aromatic rings. The normalized spacial score (nSPS) is 23.3. The van der Waals surface area contributed by atoms with Crippen molar-refractivity contribution in [2.45, 2.75) is 50.2 Å². The van der Waals surface area contributed by atoms with Crippen molar-refractivity contribution in [3.63, 3.8) is 0 Å². The van der Waals surface area contributed by atoms with Gasteiger partial charge in [-0.25, -0.2) is 13.6 Å². The lowest BCUT2D eigenvalue weighted by atomic mass is 9.85. The molecule has 0 aliphatic carbocycles. The smallest absolute Gasteiger partial charge is 0.336 e. The van der Waals surface area contributed by atoms with E-state index in [1.165, 1.54) is 25.1 Å². The second kappa shape index (κ2) is 11.2. The lowest BCUT2D eigenvalue weighted by Gasteiger charge is -2.43. The van der Waals surface area contributed by atoms with Crippen molar-refractivity contribution in [2.24, 2.45) is 0 Å². The molecule has 0 bridgehead atoms. The first kappa shape index (κ1) is 29.1. The summed E-state index contributed by atoms with van der Waals surface area (Å²) in [6.45, 7) is 4.38. The Labute approximate surface area is 249 Å². The summed E-state index contributed by atoms with van der Waals surface area (Å²) in [6.07, 6.45) is 0.574. The van der Waals surface area contributed by atoms with Crippen LogP contribution in [0.3, 0.4) is 0 Å². The molecule has 8 nitrogen and oxygen atoms in total. The number of aliphatic hydroxyl groups excluding tert-OH is 1. The minimum absolute atomic E-state index is 0.0595. The number of carbonyl (C=O) groups is 2. The summed E-state index contributed by atoms with van der Waals surface area (Å²) in [5, 5.41) is 20.4. The van der Waals surface area contributed by atoms with Crippen LogP contribution in [-0.2, 0) is 17.0 Å². The molecule has 3 aliphatic rings. The van der Waals surface area contributed by atoms with Gasteiger partial charge < -0.3 is 29.8 Å². The maximum Gasteiger partial charge on any atom is 0.336 e. The summed E-state index contributed by atoms with van der Waals surface area (Å²) in [5.74, 6) is -1.46. The fourth-order valence-corrected chi connectivity index (χ4v) is 6.96. The van der Waals surface area contributed by atoms with Gasteiger partial charge in [0.25, 0.3) is 0 Å². The highest BCUT2D eigenvalue weighted by Crippen LogP contribution is 2.45. The van der Waals surface area contributed by atoms with Gasteiger partial charge in [0.2, 0.25) is 5.91 Å². The number of hydrogen-bond acceptors (Lipinski definition) is 6. The molecule has 43 heavy (non-hydrogen) atoms. The van der Waals surface area contributed by atoms with Gasteiger partial charge in [-0.1, -0.05) is 36.4 Å². The molecule has 2 unspecified atom stereocenters. The highest BCUT2D eigenvalue weighted by molar-refractivity contribution is 5.94. The Hall–Kier alpha value is -4.02. The maximum atomic E-state index is 15.3. The summed E-state index contributed by atoms with van der Waals surface area (Å²) in [5.41, 5.74) is 0.0232. The van der Waals surface area contributed by atoms with E-state index in [9.17, 15) is 24.2 Å². The molecule has 3 aliphatic heterocycles. The zero-order chi connectivity index (χ0) is 30.4. The van der Waals surface area contributed by atoms with Crippen molar-refractivity contribution >= 4 is 23.3 Å². The lowest BCUT2D eigenvalue weighted by Crippen LogP contribution is -2.56. The molecule has 2 saturated heterocycles. The molecule has 3 aromatic carbocycles. The third-order valence-corrected chi connectivity index (χ3v) is 9.34. The number of fused-ring (bicyclic) bond motifs is 1. The Morgan fingerprint density at radius 2 is 1.65 bits per heavy atom. The maximum absolute atomic E-state index is 15.3. The Kier molecular flexibility index (Phi) is 7.60. The SMILES string of the molecule is CC1(F)c2ccccc2N(CCCN2CCC3(CC2)C(=O)N(Cc2ccccc2C(=O)O)CN3c2ccc(F)cc2)C1O. The van der Waals surface area contributed by atoms with E-state index in [1.54, 1.807) is 52.3 Å². The molecule has 2 N–H and O–H groups in total. The van der Waals surface area contributed by atoms with Crippen molar-refractivity contribution in [3.05, 3.63) is 95.3 Å². The van der Waals surface area contributed by atoms with Gasteiger partial charge in [0.1, 0.15) is 11.4 Å². The van der Waals surface area contributed by atoms with E-state index in [-0.39, 0.29) is 30.5 Å². The number of halogens is 2. The summed E-state index contributed by atoms with van der Waals surface area (Å²) in [6, 6.07) is 20.0. The zero-order valence-corrected chi connectivity index (χ0v) is 24.1. The van der Waals surface area contributed by atoms with Gasteiger partial charge in [0, 0.05) is 43.1 Å². The number of alkyl halides is 1. The van der Waals surface area contributed by atoms with Crippen molar-refractivity contribution in [3.8, 4) is 0 Å². The Balaban J connectivity index is 1.15. The van der Waals surface area contributed by atoms with Gasteiger partial charge in [-0.05, 0) is 74.7 Å². The van der Waals surface area contributed by atoms with Crippen LogP contribution in [0.25, 0.3) is 0 Å². The second-order valence-corrected chi connectivity index (χ2v) is 11.9. The molecule has 6 rings (SSSR count). The Morgan fingerprint density at radius 3 is 2.37 bits per heavy atom. The van der Waals surface area contributed by atoms with Gasteiger partial charge in [0.15, 0.2) is 11.9 Å². The molecule has 0 radical (unpaired) electrons. The van der Waals surface area contributed by atoms with Crippen LogP contribution in [0.15, 0.2) is 72.8 Å². The Bertz CT molecular complexity index is 1510. The number of anilines is 2. The van der Waals surface area contributed by atoms with Crippen LogP contribution in [0.2, 0.25) is 0 Å². The molecule has 10 heteroatoms. The van der Waals surface area contributed by atoms with Crippen LogP contribution in [0.1, 0.15) is 47.7 Å². The van der Waals surface area contributed by atoms with Crippen molar-refractivity contribution in [2.75, 3.05) is 42.6 Å². The highest BCUT2D eigenvalue weighted by Gasteiger charge is 2.54. The number of hydrogen-bond donors (Lipinski definition) is 2. The molecule has 1 amide bonds. The molecule has 1 spiro atoms. The number of carbonyl (C=O) groups excluding carboxylic acids is 1. The standard InChI is InChI=1S/C33H36F2N4O4/c1-32(35)27-9-4-5-10-28(27)38(30(32)42)18-6-17-36-19-15-33(16-20-36)31(43)37(21-23-7-2-3-8-26(23)29(40)41)22-39(33)25-13-11-24(34)12-14-25/h2-5,7-14,30,42H,6,15-22H2,1H3,(H,40,41). The van der Waals surface area contributed by atoms with Crippen molar-refractivity contribution in [1.82, 2.24) is 9.80 Å². The number of benzene rings is 3. The number of amides is 1. The highest BCUT2D eigenvalue weighted by atomic mass is 19.1. The first-order chi connectivity index (χ1) is 20.6. The number of aromatic carboxylic acids is 1. The second-order valence-electron chi connectivity index (χ2n) is 11.9. The number of carboxylic acids is 1. The number of piperidine rings is 1. The van der Waals surface area contributed by atoms with Gasteiger partial charge in [-0.15, -0.1) is 0 Å². The first-order valence-electron chi connectivity index (χ1n) is 14.7. The Morgan fingerprint density at radius 1 is 0.977 bits per heavy atom. The lowest BCUT2D eigenvalue weighted by molar-refractivity contribution is -0.134. The van der Waals surface area contributed by atoms with Gasteiger partial charge in [-0.2, -0.15) is 0 Å². The zero-order valence-electron chi connectivity index (χ0n) is 24.1. The van der Waals surface area contributed by atoms with Crippen LogP contribution in [0, 0.1) is 5.82 Å². The third-order valence-electron chi connectivity index (χ3n) is 9.34. The van der Waals surface area contributed by atoms with Crippen LogP contribution in [0.4, 0.5) is 20.2 Å². The number of para-hydroxylation sites is 1. The van der Waals surface area contributed by atoms with E-state index in [0.717, 1.165) is 12.2 Å². The van der Waals surface area contributed by atoms with E-state index >= 15 is 4.39 Å². The molecule has 2 atom stereocenters. The average Bonchev–Trinajstić information content (AvgIpc) is 3.37. The summed E-state index contributed by atoms with van der Waals surface area (Å²) < 4.78 is 29.1. The molecular formula is C33H36F2N4O4. The summed E-state index contributed by atoms with van der Waals surface area (Å²) >= 11 is 0. The predicted molar refractivity (Wildman–Crippen MR) is 159 cm³/mol. The van der Waals surface area contributed by atoms with E-state index in [1.807, 2.05) is 17.0 Å². The van der Waals surface area contributed by atoms with E-state index in [0.29, 0.717) is 55.7 Å². The molecule has 2 fully saturated rings. The summed E-state index contributed by atoms with van der Waals surface area (Å²) in [7, 11) is 0. The number of rotatable bonds is 8. The fourth-order valence-electron chi connectivity index (χ4n) is 6.96. The van der Waals surface area contributed by atoms with Gasteiger partial charge in [0.05, 0.1) is 12.2 Å². The number of carboxylic acid groups (broad SMARTS) is 1. The molecular weight excluding hydrogens is 554 g/mol.